The maximum absolute atomic E-state index is 12.4. The van der Waals surface area contributed by atoms with Gasteiger partial charge in [0, 0.05) is 32.9 Å². The van der Waals surface area contributed by atoms with Crippen molar-refractivity contribution < 1.29 is 4.79 Å². The van der Waals surface area contributed by atoms with Gasteiger partial charge in [-0.15, -0.1) is 0 Å². The summed E-state index contributed by atoms with van der Waals surface area (Å²) in [5.74, 6) is 0.922. The second kappa shape index (κ2) is 5.55. The molecule has 0 N–H and O–H groups in total. The molecule has 0 aliphatic carbocycles. The standard InChI is InChI=1S/C14H22N4O/c1-10(2)11-9-12(16-14(15-11)17(3)4)13(19)18-7-5-6-8-18/h9-10H,5-8H2,1-4H3. The van der Waals surface area contributed by atoms with Crippen LogP contribution < -0.4 is 4.90 Å². The summed E-state index contributed by atoms with van der Waals surface area (Å²) >= 11 is 0. The number of hydrogen-bond donors (Lipinski definition) is 0. The van der Waals surface area contributed by atoms with E-state index in [4.69, 9.17) is 0 Å². The zero-order chi connectivity index (χ0) is 14.0. The van der Waals surface area contributed by atoms with Gasteiger partial charge in [0.05, 0.1) is 0 Å². The molecular formula is C14H22N4O. The molecule has 0 radical (unpaired) electrons. The third-order valence-corrected chi connectivity index (χ3v) is 3.34. The van der Waals surface area contributed by atoms with E-state index in [-0.39, 0.29) is 11.8 Å². The Labute approximate surface area is 114 Å². The minimum atomic E-state index is 0.0323. The van der Waals surface area contributed by atoms with Crippen LogP contribution in [0.4, 0.5) is 5.95 Å². The molecule has 0 saturated carbocycles. The van der Waals surface area contributed by atoms with Gasteiger partial charge in [-0.2, -0.15) is 0 Å². The first-order valence-electron chi connectivity index (χ1n) is 6.84. The molecule has 1 amide bonds. The highest BCUT2D eigenvalue weighted by Crippen LogP contribution is 2.18. The van der Waals surface area contributed by atoms with Crippen molar-refractivity contribution in [2.24, 2.45) is 0 Å². The predicted molar refractivity (Wildman–Crippen MR) is 75.6 cm³/mol. The SMILES string of the molecule is CC(C)c1cc(C(=O)N2CCCC2)nc(N(C)C)n1. The molecule has 1 saturated heterocycles. The molecule has 0 aromatic carbocycles. The summed E-state index contributed by atoms with van der Waals surface area (Å²) in [4.78, 5) is 25.0. The first-order chi connectivity index (χ1) is 8.99. The van der Waals surface area contributed by atoms with Crippen LogP contribution in [0.1, 0.15) is 48.8 Å². The molecular weight excluding hydrogens is 240 g/mol. The quantitative estimate of drug-likeness (QED) is 0.835. The van der Waals surface area contributed by atoms with Gasteiger partial charge in [-0.1, -0.05) is 13.8 Å². The van der Waals surface area contributed by atoms with Crippen molar-refractivity contribution in [2.75, 3.05) is 32.1 Å². The third-order valence-electron chi connectivity index (χ3n) is 3.34. The zero-order valence-electron chi connectivity index (χ0n) is 12.2. The lowest BCUT2D eigenvalue weighted by molar-refractivity contribution is 0.0787. The van der Waals surface area contributed by atoms with Gasteiger partial charge in [0.2, 0.25) is 5.95 Å². The fourth-order valence-electron chi connectivity index (χ4n) is 2.14. The third kappa shape index (κ3) is 3.03. The van der Waals surface area contributed by atoms with Gasteiger partial charge in [-0.25, -0.2) is 9.97 Å². The van der Waals surface area contributed by atoms with E-state index in [1.54, 1.807) is 0 Å². The predicted octanol–water partition coefficient (Wildman–Crippen LogP) is 1.90. The smallest absolute Gasteiger partial charge is 0.272 e. The van der Waals surface area contributed by atoms with Crippen LogP contribution >= 0.6 is 0 Å². The number of anilines is 1. The number of amides is 1. The molecule has 1 aliphatic rings. The van der Waals surface area contributed by atoms with E-state index in [9.17, 15) is 4.79 Å². The summed E-state index contributed by atoms with van der Waals surface area (Å²) < 4.78 is 0. The Balaban J connectivity index is 2.35. The summed E-state index contributed by atoms with van der Waals surface area (Å²) in [5.41, 5.74) is 1.44. The molecule has 1 aliphatic heterocycles. The van der Waals surface area contributed by atoms with E-state index >= 15 is 0 Å². The normalized spacial score (nSPS) is 15.1. The number of aromatic nitrogens is 2. The van der Waals surface area contributed by atoms with Crippen LogP contribution in [-0.4, -0.2) is 48.0 Å². The van der Waals surface area contributed by atoms with Crippen LogP contribution in [0.25, 0.3) is 0 Å². The van der Waals surface area contributed by atoms with Crippen molar-refractivity contribution in [1.82, 2.24) is 14.9 Å². The lowest BCUT2D eigenvalue weighted by atomic mass is 10.1. The fraction of sp³-hybridized carbons (Fsp3) is 0.643. The average Bonchev–Trinajstić information content (AvgIpc) is 2.91. The number of nitrogens with zero attached hydrogens (tertiary/aromatic N) is 4. The van der Waals surface area contributed by atoms with Crippen LogP contribution in [0.15, 0.2) is 6.07 Å². The van der Waals surface area contributed by atoms with Gasteiger partial charge in [0.1, 0.15) is 5.69 Å². The van der Waals surface area contributed by atoms with Gasteiger partial charge in [0.25, 0.3) is 5.91 Å². The van der Waals surface area contributed by atoms with Crippen LogP contribution in [0.3, 0.4) is 0 Å². The highest BCUT2D eigenvalue weighted by atomic mass is 16.2. The van der Waals surface area contributed by atoms with Crippen molar-refractivity contribution in [1.29, 1.82) is 0 Å². The highest BCUT2D eigenvalue weighted by molar-refractivity contribution is 5.92. The molecule has 104 valence electrons. The first-order valence-corrected chi connectivity index (χ1v) is 6.84. The number of carbonyl (C=O) groups is 1. The van der Waals surface area contributed by atoms with E-state index in [1.807, 2.05) is 30.0 Å². The molecule has 5 nitrogen and oxygen atoms in total. The molecule has 5 heteroatoms. The first kappa shape index (κ1) is 13.8. The number of hydrogen-bond acceptors (Lipinski definition) is 4. The Kier molecular flexibility index (Phi) is 4.02. The Morgan fingerprint density at radius 3 is 2.42 bits per heavy atom. The van der Waals surface area contributed by atoms with Gasteiger partial charge >= 0.3 is 0 Å². The summed E-state index contributed by atoms with van der Waals surface area (Å²) in [6, 6.07) is 1.83. The van der Waals surface area contributed by atoms with Gasteiger partial charge < -0.3 is 9.80 Å². The molecule has 0 bridgehead atoms. The van der Waals surface area contributed by atoms with Crippen LogP contribution in [-0.2, 0) is 0 Å². The van der Waals surface area contributed by atoms with Crippen LogP contribution in [0.2, 0.25) is 0 Å². The van der Waals surface area contributed by atoms with E-state index in [2.05, 4.69) is 23.8 Å². The molecule has 0 spiro atoms. The Morgan fingerprint density at radius 1 is 1.26 bits per heavy atom. The Hall–Kier alpha value is -1.65. The van der Waals surface area contributed by atoms with Crippen LogP contribution in [0, 0.1) is 0 Å². The second-order valence-electron chi connectivity index (χ2n) is 5.53. The van der Waals surface area contributed by atoms with Gasteiger partial charge in [-0.3, -0.25) is 4.79 Å². The lowest BCUT2D eigenvalue weighted by Crippen LogP contribution is -2.29. The van der Waals surface area contributed by atoms with Crippen molar-refractivity contribution >= 4 is 11.9 Å². The Bertz CT molecular complexity index is 438. The topological polar surface area (TPSA) is 49.3 Å². The second-order valence-corrected chi connectivity index (χ2v) is 5.53. The van der Waals surface area contributed by atoms with Crippen molar-refractivity contribution in [3.8, 4) is 0 Å². The Morgan fingerprint density at radius 2 is 1.89 bits per heavy atom. The van der Waals surface area contributed by atoms with Crippen molar-refractivity contribution in [3.05, 3.63) is 17.5 Å². The van der Waals surface area contributed by atoms with Crippen molar-refractivity contribution in [3.63, 3.8) is 0 Å². The van der Waals surface area contributed by atoms with Gasteiger partial charge in [-0.05, 0) is 24.8 Å². The molecule has 2 heterocycles. The molecule has 1 aromatic rings. The maximum atomic E-state index is 12.4. The molecule has 2 rings (SSSR count). The summed E-state index contributed by atoms with van der Waals surface area (Å²) in [5, 5.41) is 0. The highest BCUT2D eigenvalue weighted by Gasteiger charge is 2.22. The molecule has 0 atom stereocenters. The summed E-state index contributed by atoms with van der Waals surface area (Å²) in [6.07, 6.45) is 2.18. The molecule has 1 aromatic heterocycles. The number of rotatable bonds is 3. The van der Waals surface area contributed by atoms with E-state index < -0.39 is 0 Å². The monoisotopic (exact) mass is 262 g/mol. The fourth-order valence-corrected chi connectivity index (χ4v) is 2.14. The maximum Gasteiger partial charge on any atom is 0.272 e. The average molecular weight is 262 g/mol. The van der Waals surface area contributed by atoms with Crippen molar-refractivity contribution in [2.45, 2.75) is 32.6 Å². The largest absolute Gasteiger partial charge is 0.347 e. The van der Waals surface area contributed by atoms with E-state index in [0.29, 0.717) is 11.6 Å². The number of likely N-dealkylation sites (tertiary alicyclic amines) is 1. The van der Waals surface area contributed by atoms with Gasteiger partial charge in [0.15, 0.2) is 0 Å². The lowest BCUT2D eigenvalue weighted by Gasteiger charge is -2.18. The molecule has 1 fully saturated rings. The van der Waals surface area contributed by atoms with Crippen LogP contribution in [0.5, 0.6) is 0 Å². The minimum absolute atomic E-state index is 0.0323. The molecule has 19 heavy (non-hydrogen) atoms. The molecule has 0 unspecified atom stereocenters. The minimum Gasteiger partial charge on any atom is -0.347 e. The summed E-state index contributed by atoms with van der Waals surface area (Å²) in [7, 11) is 3.78. The number of carbonyl (C=O) groups excluding carboxylic acids is 1. The van der Waals surface area contributed by atoms with E-state index in [1.165, 1.54) is 0 Å². The van der Waals surface area contributed by atoms with E-state index in [0.717, 1.165) is 31.6 Å². The zero-order valence-corrected chi connectivity index (χ0v) is 12.2. The summed E-state index contributed by atoms with van der Waals surface area (Å²) in [6.45, 7) is 5.84.